The molecule has 1 unspecified atom stereocenters. The molecule has 1 N–H and O–H groups in total. The number of nitrogens with zero attached hydrogens (tertiary/aromatic N) is 2. The van der Waals surface area contributed by atoms with E-state index in [-0.39, 0.29) is 11.1 Å². The first-order valence-electron chi connectivity index (χ1n) is 6.86. The van der Waals surface area contributed by atoms with Gasteiger partial charge in [-0.3, -0.25) is 0 Å². The molecule has 1 aromatic heterocycles. The summed E-state index contributed by atoms with van der Waals surface area (Å²) in [5.74, 6) is 0.491. The van der Waals surface area contributed by atoms with Crippen LogP contribution in [0.1, 0.15) is 37.7 Å². The maximum absolute atomic E-state index is 13.7. The molecule has 0 saturated carbocycles. The second kappa shape index (κ2) is 6.86. The summed E-state index contributed by atoms with van der Waals surface area (Å²) in [4.78, 5) is 4.41. The molecule has 0 spiro atoms. The van der Waals surface area contributed by atoms with Crippen molar-refractivity contribution >= 4 is 11.6 Å². The number of benzene rings is 1. The molecule has 0 fully saturated rings. The Morgan fingerprint density at radius 3 is 2.85 bits per heavy atom. The zero-order valence-electron chi connectivity index (χ0n) is 11.7. The highest BCUT2D eigenvalue weighted by molar-refractivity contribution is 6.30. The van der Waals surface area contributed by atoms with E-state index in [2.05, 4.69) is 28.7 Å². The van der Waals surface area contributed by atoms with Crippen LogP contribution in [0.2, 0.25) is 5.02 Å². The smallest absolute Gasteiger partial charge is 0.142 e. The van der Waals surface area contributed by atoms with Gasteiger partial charge in [0.25, 0.3) is 0 Å². The largest absolute Gasteiger partial charge is 0.334 e. The molecule has 0 aliphatic carbocycles. The zero-order valence-corrected chi connectivity index (χ0v) is 12.5. The van der Waals surface area contributed by atoms with Crippen molar-refractivity contribution in [3.63, 3.8) is 0 Å². The van der Waals surface area contributed by atoms with Crippen LogP contribution in [0.25, 0.3) is 0 Å². The maximum atomic E-state index is 13.7. The molecule has 0 amide bonds. The second-order valence-electron chi connectivity index (χ2n) is 4.63. The molecule has 1 aromatic carbocycles. The highest BCUT2D eigenvalue weighted by atomic mass is 35.5. The van der Waals surface area contributed by atoms with E-state index in [0.717, 1.165) is 30.9 Å². The Balaban J connectivity index is 2.38. The van der Waals surface area contributed by atoms with E-state index in [1.165, 1.54) is 6.07 Å². The molecule has 1 heterocycles. The summed E-state index contributed by atoms with van der Waals surface area (Å²) >= 11 is 5.76. The number of aryl methyl sites for hydroxylation is 1. The third-order valence-corrected chi connectivity index (χ3v) is 3.53. The molecule has 0 saturated heterocycles. The van der Waals surface area contributed by atoms with Gasteiger partial charge in [-0.2, -0.15) is 0 Å². The van der Waals surface area contributed by atoms with Gasteiger partial charge in [0, 0.05) is 18.9 Å². The summed E-state index contributed by atoms with van der Waals surface area (Å²) in [5.41, 5.74) is 0.834. The van der Waals surface area contributed by atoms with Gasteiger partial charge in [0.15, 0.2) is 0 Å². The minimum atomic E-state index is -0.401. The van der Waals surface area contributed by atoms with E-state index < -0.39 is 5.82 Å². The van der Waals surface area contributed by atoms with Gasteiger partial charge in [0.1, 0.15) is 11.6 Å². The fourth-order valence-corrected chi connectivity index (χ4v) is 2.30. The highest BCUT2D eigenvalue weighted by Gasteiger charge is 2.19. The fourth-order valence-electron chi connectivity index (χ4n) is 2.19. The summed E-state index contributed by atoms with van der Waals surface area (Å²) in [5, 5.41) is 3.56. The molecular formula is C15H19ClFN3. The Morgan fingerprint density at radius 2 is 2.20 bits per heavy atom. The lowest BCUT2D eigenvalue weighted by Crippen LogP contribution is -2.26. The van der Waals surface area contributed by atoms with Crippen molar-refractivity contribution in [1.82, 2.24) is 14.9 Å². The lowest BCUT2D eigenvalue weighted by molar-refractivity contribution is 0.537. The minimum Gasteiger partial charge on any atom is -0.334 e. The third kappa shape index (κ3) is 3.19. The normalized spacial score (nSPS) is 12.6. The van der Waals surface area contributed by atoms with Crippen molar-refractivity contribution in [1.29, 1.82) is 0 Å². The number of hydrogen-bond donors (Lipinski definition) is 1. The van der Waals surface area contributed by atoms with Crippen molar-refractivity contribution in [3.8, 4) is 0 Å². The van der Waals surface area contributed by atoms with E-state index in [9.17, 15) is 4.39 Å². The summed E-state index contributed by atoms with van der Waals surface area (Å²) in [6, 6.07) is 4.78. The van der Waals surface area contributed by atoms with Crippen LogP contribution in [0.5, 0.6) is 0 Å². The molecule has 2 rings (SSSR count). The van der Waals surface area contributed by atoms with E-state index in [1.54, 1.807) is 12.3 Å². The van der Waals surface area contributed by atoms with Crippen LogP contribution in [0.4, 0.5) is 4.39 Å². The zero-order chi connectivity index (χ0) is 14.5. The van der Waals surface area contributed by atoms with Crippen LogP contribution in [0, 0.1) is 5.82 Å². The Morgan fingerprint density at radius 1 is 1.40 bits per heavy atom. The second-order valence-corrected chi connectivity index (χ2v) is 5.04. The summed E-state index contributed by atoms with van der Waals surface area (Å²) in [6.45, 7) is 5.82. The summed E-state index contributed by atoms with van der Waals surface area (Å²) in [7, 11) is 0. The lowest BCUT2D eigenvalue weighted by Gasteiger charge is -2.20. The van der Waals surface area contributed by atoms with Crippen molar-refractivity contribution in [2.24, 2.45) is 0 Å². The Labute approximate surface area is 123 Å². The van der Waals surface area contributed by atoms with Gasteiger partial charge in [0.2, 0.25) is 0 Å². The highest BCUT2D eigenvalue weighted by Crippen LogP contribution is 2.24. The van der Waals surface area contributed by atoms with Gasteiger partial charge in [-0.05, 0) is 37.6 Å². The van der Waals surface area contributed by atoms with Crippen molar-refractivity contribution in [2.45, 2.75) is 32.9 Å². The van der Waals surface area contributed by atoms with Crippen LogP contribution < -0.4 is 5.32 Å². The molecule has 1 atom stereocenters. The molecule has 0 aliphatic heterocycles. The first-order valence-corrected chi connectivity index (χ1v) is 7.24. The molecule has 0 radical (unpaired) electrons. The lowest BCUT2D eigenvalue weighted by atomic mass is 10.1. The van der Waals surface area contributed by atoms with Gasteiger partial charge in [-0.1, -0.05) is 24.6 Å². The summed E-state index contributed by atoms with van der Waals surface area (Å²) in [6.07, 6.45) is 4.70. The first-order chi connectivity index (χ1) is 9.67. The SMILES string of the molecule is CCCNC(c1ccc(Cl)c(F)c1)c1nccn1CC. The number of imidazole rings is 1. The standard InChI is InChI=1S/C15H19ClFN3/c1-3-7-18-14(15-19-8-9-20(15)4-2)11-5-6-12(16)13(17)10-11/h5-6,8-10,14,18H,3-4,7H2,1-2H3. The quantitative estimate of drug-likeness (QED) is 0.879. The van der Waals surface area contributed by atoms with Crippen LogP contribution in [0.15, 0.2) is 30.6 Å². The first kappa shape index (κ1) is 15.0. The molecule has 20 heavy (non-hydrogen) atoms. The van der Waals surface area contributed by atoms with Gasteiger partial charge < -0.3 is 9.88 Å². The molecule has 2 aromatic rings. The molecule has 3 nitrogen and oxygen atoms in total. The van der Waals surface area contributed by atoms with Gasteiger partial charge in [-0.15, -0.1) is 0 Å². The van der Waals surface area contributed by atoms with Crippen molar-refractivity contribution < 1.29 is 4.39 Å². The van der Waals surface area contributed by atoms with E-state index in [1.807, 2.05) is 12.3 Å². The van der Waals surface area contributed by atoms with Gasteiger partial charge in [-0.25, -0.2) is 9.37 Å². The van der Waals surface area contributed by atoms with Crippen LogP contribution in [0.3, 0.4) is 0 Å². The molecule has 108 valence electrons. The van der Waals surface area contributed by atoms with Gasteiger partial charge in [0.05, 0.1) is 11.1 Å². The van der Waals surface area contributed by atoms with Crippen LogP contribution in [-0.2, 0) is 6.54 Å². The third-order valence-electron chi connectivity index (χ3n) is 3.22. The van der Waals surface area contributed by atoms with E-state index in [4.69, 9.17) is 11.6 Å². The molecule has 5 heteroatoms. The number of nitrogens with one attached hydrogen (secondary N) is 1. The Bertz CT molecular complexity index is 568. The minimum absolute atomic E-state index is 0.128. The predicted molar refractivity (Wildman–Crippen MR) is 79.4 cm³/mol. The van der Waals surface area contributed by atoms with Crippen molar-refractivity contribution in [2.75, 3.05) is 6.54 Å². The average Bonchev–Trinajstić information content (AvgIpc) is 2.91. The Kier molecular flexibility index (Phi) is 5.15. The van der Waals surface area contributed by atoms with Crippen molar-refractivity contribution in [3.05, 3.63) is 52.8 Å². The molecule has 0 aliphatic rings. The van der Waals surface area contributed by atoms with Gasteiger partial charge >= 0.3 is 0 Å². The summed E-state index contributed by atoms with van der Waals surface area (Å²) < 4.78 is 15.8. The number of rotatable bonds is 6. The topological polar surface area (TPSA) is 29.9 Å². The molecule has 0 bridgehead atoms. The number of hydrogen-bond acceptors (Lipinski definition) is 2. The van der Waals surface area contributed by atoms with Crippen LogP contribution >= 0.6 is 11.6 Å². The van der Waals surface area contributed by atoms with E-state index >= 15 is 0 Å². The average molecular weight is 296 g/mol. The number of halogens is 2. The predicted octanol–water partition coefficient (Wildman–Crippen LogP) is 3.78. The maximum Gasteiger partial charge on any atom is 0.142 e. The number of aromatic nitrogens is 2. The van der Waals surface area contributed by atoms with Crippen LogP contribution in [-0.4, -0.2) is 16.1 Å². The monoisotopic (exact) mass is 295 g/mol. The fraction of sp³-hybridized carbons (Fsp3) is 0.400. The molecular weight excluding hydrogens is 277 g/mol. The van der Waals surface area contributed by atoms with E-state index in [0.29, 0.717) is 0 Å². The Hall–Kier alpha value is -1.39.